The molecule has 1 saturated carbocycles. The van der Waals surface area contributed by atoms with Crippen molar-refractivity contribution in [3.8, 4) is 11.1 Å². The van der Waals surface area contributed by atoms with Crippen LogP contribution in [0.2, 0.25) is 0 Å². The van der Waals surface area contributed by atoms with Gasteiger partial charge in [0.05, 0.1) is 18.1 Å². The molecule has 0 heterocycles. The van der Waals surface area contributed by atoms with Crippen LogP contribution in [-0.2, 0) is 25.7 Å². The Bertz CT molecular complexity index is 1330. The van der Waals surface area contributed by atoms with Crippen LogP contribution in [0.1, 0.15) is 48.8 Å². The van der Waals surface area contributed by atoms with Gasteiger partial charge in [0.1, 0.15) is 6.61 Å². The van der Waals surface area contributed by atoms with Gasteiger partial charge in [-0.2, -0.15) is 0 Å². The molecule has 2 atom stereocenters. The Hall–Kier alpha value is -4.17. The second-order valence-corrected chi connectivity index (χ2v) is 10.6. The third-order valence-corrected chi connectivity index (χ3v) is 8.08. The predicted molar refractivity (Wildman–Crippen MR) is 150 cm³/mol. The van der Waals surface area contributed by atoms with Gasteiger partial charge in [0.25, 0.3) is 0 Å². The molecular weight excluding hydrogens is 508 g/mol. The van der Waals surface area contributed by atoms with Crippen molar-refractivity contribution in [2.24, 2.45) is 5.41 Å². The zero-order chi connectivity index (χ0) is 28.1. The summed E-state index contributed by atoms with van der Waals surface area (Å²) in [7, 11) is 0. The van der Waals surface area contributed by atoms with Gasteiger partial charge in [0, 0.05) is 12.5 Å². The lowest BCUT2D eigenvalue weighted by Crippen LogP contribution is -2.58. The Kier molecular flexibility index (Phi) is 8.16. The van der Waals surface area contributed by atoms with Crippen molar-refractivity contribution in [3.05, 3.63) is 95.6 Å². The summed E-state index contributed by atoms with van der Waals surface area (Å²) in [6.45, 7) is 2.11. The summed E-state index contributed by atoms with van der Waals surface area (Å²) in [4.78, 5) is 38.0. The molecule has 2 aliphatic rings. The minimum absolute atomic E-state index is 0.0622. The highest BCUT2D eigenvalue weighted by Crippen LogP contribution is 2.44. The standard InChI is InChI=1S/C32H34N2O6/c1-21(39-18-22-10-3-2-4-11-22)28(29(35)36)34-30(37)32(16-9-17-32)20-33-31(38)40-19-27-25-14-7-5-12-23(25)24-13-6-8-15-26(24)27/h2-8,10-15,21,27-28H,9,16-20H2,1H3,(H,33,38)(H,34,37)(H,35,36)/t21-,28+/m0/s1. The van der Waals surface area contributed by atoms with Crippen molar-refractivity contribution in [3.63, 3.8) is 0 Å². The Morgan fingerprint density at radius 3 is 2.10 bits per heavy atom. The summed E-state index contributed by atoms with van der Waals surface area (Å²) < 4.78 is 11.4. The second-order valence-electron chi connectivity index (χ2n) is 10.6. The molecule has 3 N–H and O–H groups in total. The maximum Gasteiger partial charge on any atom is 0.407 e. The van der Waals surface area contributed by atoms with E-state index in [4.69, 9.17) is 9.47 Å². The third kappa shape index (κ3) is 5.72. The van der Waals surface area contributed by atoms with Gasteiger partial charge in [-0.05, 0) is 47.6 Å². The van der Waals surface area contributed by atoms with Crippen LogP contribution in [0.15, 0.2) is 78.9 Å². The van der Waals surface area contributed by atoms with Crippen molar-refractivity contribution in [1.82, 2.24) is 10.6 Å². The smallest absolute Gasteiger partial charge is 0.407 e. The van der Waals surface area contributed by atoms with Crippen molar-refractivity contribution in [2.45, 2.75) is 50.9 Å². The molecule has 2 aliphatic carbocycles. The van der Waals surface area contributed by atoms with Gasteiger partial charge in [-0.15, -0.1) is 0 Å². The molecule has 40 heavy (non-hydrogen) atoms. The topological polar surface area (TPSA) is 114 Å². The Morgan fingerprint density at radius 2 is 1.52 bits per heavy atom. The Labute approximate surface area is 233 Å². The lowest BCUT2D eigenvalue weighted by Gasteiger charge is -2.41. The minimum Gasteiger partial charge on any atom is -0.480 e. The van der Waals surface area contributed by atoms with Crippen LogP contribution >= 0.6 is 0 Å². The normalized spacial score (nSPS) is 16.5. The average molecular weight is 543 g/mol. The summed E-state index contributed by atoms with van der Waals surface area (Å²) in [5.41, 5.74) is 4.56. The molecule has 0 aromatic heterocycles. The second kappa shape index (κ2) is 11.9. The van der Waals surface area contributed by atoms with Crippen LogP contribution in [0.3, 0.4) is 0 Å². The number of carbonyl (C=O) groups excluding carboxylic acids is 2. The monoisotopic (exact) mass is 542 g/mol. The van der Waals surface area contributed by atoms with Gasteiger partial charge in [-0.25, -0.2) is 9.59 Å². The van der Waals surface area contributed by atoms with Crippen molar-refractivity contribution in [2.75, 3.05) is 13.2 Å². The molecule has 208 valence electrons. The molecule has 0 radical (unpaired) electrons. The maximum atomic E-state index is 13.3. The third-order valence-electron chi connectivity index (χ3n) is 8.08. The summed E-state index contributed by atoms with van der Waals surface area (Å²) in [5, 5.41) is 15.2. The number of hydrogen-bond donors (Lipinski definition) is 3. The first-order valence-electron chi connectivity index (χ1n) is 13.7. The van der Waals surface area contributed by atoms with E-state index in [0.29, 0.717) is 12.8 Å². The summed E-state index contributed by atoms with van der Waals surface area (Å²) in [6, 6.07) is 24.4. The number of aliphatic carboxylic acids is 1. The van der Waals surface area contributed by atoms with Gasteiger partial charge in [-0.1, -0.05) is 85.3 Å². The lowest BCUT2D eigenvalue weighted by molar-refractivity contribution is -0.150. The fourth-order valence-electron chi connectivity index (χ4n) is 5.55. The number of hydrogen-bond acceptors (Lipinski definition) is 5. The van der Waals surface area contributed by atoms with Gasteiger partial charge in [0.2, 0.25) is 5.91 Å². The van der Waals surface area contributed by atoms with Crippen LogP contribution in [0.4, 0.5) is 4.79 Å². The number of alkyl carbamates (subject to hydrolysis) is 1. The number of carboxylic acids is 1. The first-order valence-corrected chi connectivity index (χ1v) is 13.7. The summed E-state index contributed by atoms with van der Waals surface area (Å²) >= 11 is 0. The number of carbonyl (C=O) groups is 3. The van der Waals surface area contributed by atoms with Crippen molar-refractivity contribution < 1.29 is 29.0 Å². The van der Waals surface area contributed by atoms with E-state index in [-0.39, 0.29) is 25.7 Å². The molecule has 0 bridgehead atoms. The van der Waals surface area contributed by atoms with E-state index in [9.17, 15) is 19.5 Å². The van der Waals surface area contributed by atoms with Crippen LogP contribution < -0.4 is 10.6 Å². The molecule has 0 aliphatic heterocycles. The Balaban J connectivity index is 1.15. The number of nitrogens with one attached hydrogen (secondary N) is 2. The lowest BCUT2D eigenvalue weighted by atomic mass is 9.68. The van der Waals surface area contributed by atoms with Crippen LogP contribution in [0, 0.1) is 5.41 Å². The first-order chi connectivity index (χ1) is 19.4. The number of rotatable bonds is 11. The van der Waals surface area contributed by atoms with Gasteiger partial charge < -0.3 is 25.2 Å². The molecule has 2 amide bonds. The average Bonchev–Trinajstić information content (AvgIpc) is 3.27. The minimum atomic E-state index is -1.22. The number of fused-ring (bicyclic) bond motifs is 3. The number of amides is 2. The van der Waals surface area contributed by atoms with Gasteiger partial charge >= 0.3 is 12.1 Å². The predicted octanol–water partition coefficient (Wildman–Crippen LogP) is 4.87. The van der Waals surface area contributed by atoms with E-state index < -0.39 is 35.5 Å². The Morgan fingerprint density at radius 1 is 0.925 bits per heavy atom. The van der Waals surface area contributed by atoms with E-state index in [0.717, 1.165) is 34.2 Å². The van der Waals surface area contributed by atoms with Crippen LogP contribution in [0.5, 0.6) is 0 Å². The molecule has 3 aromatic carbocycles. The highest BCUT2D eigenvalue weighted by atomic mass is 16.5. The molecule has 1 fully saturated rings. The molecular formula is C32H34N2O6. The van der Waals surface area contributed by atoms with Crippen LogP contribution in [-0.4, -0.2) is 48.4 Å². The highest BCUT2D eigenvalue weighted by Gasteiger charge is 2.46. The molecule has 0 saturated heterocycles. The molecule has 0 spiro atoms. The summed E-state index contributed by atoms with van der Waals surface area (Å²) in [6.07, 6.45) is 0.559. The van der Waals surface area contributed by atoms with E-state index in [1.54, 1.807) is 6.92 Å². The molecule has 8 heteroatoms. The fraction of sp³-hybridized carbons (Fsp3) is 0.344. The van der Waals surface area contributed by atoms with Crippen molar-refractivity contribution >= 4 is 18.0 Å². The van der Waals surface area contributed by atoms with E-state index in [2.05, 4.69) is 34.9 Å². The molecule has 5 rings (SSSR count). The quantitative estimate of drug-likeness (QED) is 0.319. The largest absolute Gasteiger partial charge is 0.480 e. The first kappa shape index (κ1) is 27.4. The zero-order valence-electron chi connectivity index (χ0n) is 22.5. The SMILES string of the molecule is C[C@H](OCc1ccccc1)[C@@H](NC(=O)C1(CNC(=O)OCC2c3ccccc3-c3ccccc32)CCC1)C(=O)O. The van der Waals surface area contributed by atoms with Crippen molar-refractivity contribution in [1.29, 1.82) is 0 Å². The van der Waals surface area contributed by atoms with E-state index in [1.165, 1.54) is 0 Å². The number of benzene rings is 3. The zero-order valence-corrected chi connectivity index (χ0v) is 22.5. The molecule has 3 aromatic rings. The fourth-order valence-corrected chi connectivity index (χ4v) is 5.55. The van der Waals surface area contributed by atoms with Gasteiger partial charge in [0.15, 0.2) is 6.04 Å². The number of ether oxygens (including phenoxy) is 2. The van der Waals surface area contributed by atoms with E-state index in [1.807, 2.05) is 54.6 Å². The molecule has 8 nitrogen and oxygen atoms in total. The van der Waals surface area contributed by atoms with E-state index >= 15 is 0 Å². The highest BCUT2D eigenvalue weighted by molar-refractivity contribution is 5.89. The van der Waals surface area contributed by atoms with Gasteiger partial charge in [-0.3, -0.25) is 4.79 Å². The van der Waals surface area contributed by atoms with Crippen LogP contribution in [0.25, 0.3) is 11.1 Å². The number of carboxylic acid groups (broad SMARTS) is 1. The molecule has 0 unspecified atom stereocenters. The maximum absolute atomic E-state index is 13.3. The summed E-state index contributed by atoms with van der Waals surface area (Å²) in [5.74, 6) is -1.64.